The molecule has 0 radical (unpaired) electrons. The predicted molar refractivity (Wildman–Crippen MR) is 116 cm³/mol. The fraction of sp³-hybridized carbons (Fsp3) is 0.304. The van der Waals surface area contributed by atoms with Gasteiger partial charge >= 0.3 is 0 Å². The van der Waals surface area contributed by atoms with Crippen LogP contribution in [0.5, 0.6) is 11.5 Å². The molecule has 2 aromatic carbocycles. The zero-order valence-electron chi connectivity index (χ0n) is 16.7. The molecule has 5 nitrogen and oxygen atoms in total. The van der Waals surface area contributed by atoms with E-state index in [-0.39, 0.29) is 12.5 Å². The Morgan fingerprint density at radius 1 is 1.21 bits per heavy atom. The maximum absolute atomic E-state index is 12.5. The van der Waals surface area contributed by atoms with Crippen molar-refractivity contribution in [3.05, 3.63) is 58.4 Å². The van der Waals surface area contributed by atoms with E-state index >= 15 is 0 Å². The molecule has 0 unspecified atom stereocenters. The van der Waals surface area contributed by atoms with Crippen molar-refractivity contribution >= 4 is 22.9 Å². The second-order valence-electron chi connectivity index (χ2n) is 7.05. The first-order valence-electron chi connectivity index (χ1n) is 9.85. The Morgan fingerprint density at radius 2 is 2.03 bits per heavy atom. The van der Waals surface area contributed by atoms with Gasteiger partial charge in [0.15, 0.2) is 6.61 Å². The molecule has 29 heavy (non-hydrogen) atoms. The normalized spacial score (nSPS) is 13.2. The van der Waals surface area contributed by atoms with Gasteiger partial charge in [0.2, 0.25) is 0 Å². The Hall–Kier alpha value is -2.86. The molecule has 150 valence electrons. The van der Waals surface area contributed by atoms with Gasteiger partial charge in [0.05, 0.1) is 22.9 Å². The lowest BCUT2D eigenvalue weighted by atomic mass is 10.1. The number of thiazole rings is 1. The molecule has 1 aliphatic rings. The molecule has 0 aliphatic carbocycles. The van der Waals surface area contributed by atoms with E-state index in [1.807, 2.05) is 49.4 Å². The molecule has 1 aromatic heterocycles. The van der Waals surface area contributed by atoms with Crippen molar-refractivity contribution in [1.29, 1.82) is 0 Å². The highest BCUT2D eigenvalue weighted by Gasteiger charge is 2.26. The van der Waals surface area contributed by atoms with Crippen molar-refractivity contribution in [2.75, 3.05) is 24.7 Å². The van der Waals surface area contributed by atoms with Crippen molar-refractivity contribution in [2.45, 2.75) is 26.7 Å². The van der Waals surface area contributed by atoms with E-state index in [9.17, 15) is 4.79 Å². The van der Waals surface area contributed by atoms with Crippen LogP contribution in [0.15, 0.2) is 47.8 Å². The minimum atomic E-state index is -0.0629. The van der Waals surface area contributed by atoms with Crippen molar-refractivity contribution < 1.29 is 14.3 Å². The molecule has 4 rings (SSSR count). The van der Waals surface area contributed by atoms with Gasteiger partial charge in [-0.2, -0.15) is 0 Å². The molecular weight excluding hydrogens is 384 g/mol. The Kier molecular flexibility index (Phi) is 5.81. The first kappa shape index (κ1) is 19.5. The van der Waals surface area contributed by atoms with E-state index in [1.165, 1.54) is 5.56 Å². The van der Waals surface area contributed by atoms with E-state index in [0.717, 1.165) is 40.5 Å². The number of carbonyl (C=O) groups excluding carboxylic acids is 1. The number of ether oxygens (including phenoxy) is 2. The van der Waals surface area contributed by atoms with Crippen LogP contribution in [0.3, 0.4) is 0 Å². The summed E-state index contributed by atoms with van der Waals surface area (Å²) in [5.41, 5.74) is 3.89. The second kappa shape index (κ2) is 8.66. The van der Waals surface area contributed by atoms with E-state index in [0.29, 0.717) is 18.9 Å². The number of aryl methyl sites for hydroxylation is 2. The van der Waals surface area contributed by atoms with Crippen LogP contribution in [-0.2, 0) is 11.2 Å². The number of amides is 1. The van der Waals surface area contributed by atoms with Gasteiger partial charge in [-0.25, -0.2) is 4.98 Å². The molecule has 6 heteroatoms. The number of nitrogens with zero attached hydrogens (tertiary/aromatic N) is 2. The van der Waals surface area contributed by atoms with E-state index in [1.54, 1.807) is 16.2 Å². The van der Waals surface area contributed by atoms with Gasteiger partial charge < -0.3 is 14.4 Å². The van der Waals surface area contributed by atoms with Gasteiger partial charge in [-0.3, -0.25) is 4.79 Å². The molecule has 0 spiro atoms. The van der Waals surface area contributed by atoms with Crippen molar-refractivity contribution in [1.82, 2.24) is 4.98 Å². The third-order valence-electron chi connectivity index (χ3n) is 4.82. The van der Waals surface area contributed by atoms with Crippen LogP contribution in [0.25, 0.3) is 11.3 Å². The van der Waals surface area contributed by atoms with Crippen molar-refractivity contribution in [2.24, 2.45) is 0 Å². The second-order valence-corrected chi connectivity index (χ2v) is 8.00. The van der Waals surface area contributed by atoms with Gasteiger partial charge in [-0.05, 0) is 50.1 Å². The topological polar surface area (TPSA) is 51.7 Å². The zero-order valence-corrected chi connectivity index (χ0v) is 17.5. The molecule has 0 N–H and O–H groups in total. The van der Waals surface area contributed by atoms with E-state index < -0.39 is 0 Å². The van der Waals surface area contributed by atoms with Crippen LogP contribution in [-0.4, -0.2) is 30.6 Å². The number of anilines is 1. The monoisotopic (exact) mass is 408 g/mol. The molecule has 0 saturated carbocycles. The molecule has 0 atom stereocenters. The fourth-order valence-electron chi connectivity index (χ4n) is 3.27. The number of fused-ring (bicyclic) bond motifs is 1. The third-order valence-corrected chi connectivity index (χ3v) is 5.73. The maximum Gasteiger partial charge on any atom is 0.265 e. The van der Waals surface area contributed by atoms with Crippen LogP contribution in [0, 0.1) is 6.92 Å². The maximum atomic E-state index is 12.5. The molecule has 2 heterocycles. The summed E-state index contributed by atoms with van der Waals surface area (Å²) in [5, 5.41) is 3.21. The summed E-state index contributed by atoms with van der Waals surface area (Å²) in [6.45, 7) is 5.12. The summed E-state index contributed by atoms with van der Waals surface area (Å²) in [6.07, 6.45) is 2.06. The minimum Gasteiger partial charge on any atom is -0.492 e. The summed E-state index contributed by atoms with van der Waals surface area (Å²) in [6, 6.07) is 13.8. The predicted octanol–water partition coefficient (Wildman–Crippen LogP) is 4.88. The van der Waals surface area contributed by atoms with E-state index in [2.05, 4.69) is 12.3 Å². The van der Waals surface area contributed by atoms with Crippen LogP contribution in [0.2, 0.25) is 0 Å². The average molecular weight is 409 g/mol. The van der Waals surface area contributed by atoms with Crippen LogP contribution in [0.1, 0.15) is 23.9 Å². The highest BCUT2D eigenvalue weighted by Crippen LogP contribution is 2.36. The molecule has 1 aliphatic heterocycles. The number of aromatic nitrogens is 1. The van der Waals surface area contributed by atoms with Crippen LogP contribution in [0.4, 0.5) is 5.69 Å². The summed E-state index contributed by atoms with van der Waals surface area (Å²) >= 11 is 1.68. The summed E-state index contributed by atoms with van der Waals surface area (Å²) < 4.78 is 11.5. The summed E-state index contributed by atoms with van der Waals surface area (Å²) in [7, 11) is 0. The van der Waals surface area contributed by atoms with Crippen LogP contribution < -0.4 is 14.4 Å². The third kappa shape index (κ3) is 4.43. The van der Waals surface area contributed by atoms with Gasteiger partial charge in [0.25, 0.3) is 5.91 Å². The average Bonchev–Trinajstić information content (AvgIpc) is 3.20. The number of benzene rings is 2. The molecule has 3 aromatic rings. The number of hydrogen-bond acceptors (Lipinski definition) is 5. The summed E-state index contributed by atoms with van der Waals surface area (Å²) in [4.78, 5) is 19.0. The van der Waals surface area contributed by atoms with Crippen molar-refractivity contribution in [3.8, 4) is 22.8 Å². The Morgan fingerprint density at radius 3 is 2.83 bits per heavy atom. The van der Waals surface area contributed by atoms with Crippen LogP contribution >= 0.6 is 11.3 Å². The zero-order chi connectivity index (χ0) is 20.2. The standard InChI is InChI=1S/C23H24N2O3S/c1-3-4-22-24-19(15-29-22)17-7-10-21-20(13-17)25(23(26)14-28-21)11-12-27-18-8-5-16(2)6-9-18/h5-10,13,15H,3-4,11-12,14H2,1-2H3. The Balaban J connectivity index is 1.51. The lowest BCUT2D eigenvalue weighted by molar-refractivity contribution is -0.121. The Bertz CT molecular complexity index is 998. The fourth-order valence-corrected chi connectivity index (χ4v) is 4.18. The Labute approximate surface area is 174 Å². The first-order chi connectivity index (χ1) is 14.1. The highest BCUT2D eigenvalue weighted by molar-refractivity contribution is 7.09. The molecule has 0 fully saturated rings. The SMILES string of the molecule is CCCc1nc(-c2ccc3c(c2)N(CCOc2ccc(C)cc2)C(=O)CO3)cs1. The summed E-state index contributed by atoms with van der Waals surface area (Å²) in [5.74, 6) is 1.45. The lowest BCUT2D eigenvalue weighted by Crippen LogP contribution is -2.41. The quantitative estimate of drug-likeness (QED) is 0.559. The molecule has 0 saturated heterocycles. The van der Waals surface area contributed by atoms with Gasteiger partial charge in [-0.15, -0.1) is 11.3 Å². The lowest BCUT2D eigenvalue weighted by Gasteiger charge is -2.29. The number of hydrogen-bond donors (Lipinski definition) is 0. The molecule has 1 amide bonds. The van der Waals surface area contributed by atoms with Gasteiger partial charge in [-0.1, -0.05) is 24.6 Å². The molecular formula is C23H24N2O3S. The smallest absolute Gasteiger partial charge is 0.265 e. The minimum absolute atomic E-state index is 0.0498. The molecule has 0 bridgehead atoms. The van der Waals surface area contributed by atoms with Crippen molar-refractivity contribution in [3.63, 3.8) is 0 Å². The number of carbonyl (C=O) groups is 1. The van der Waals surface area contributed by atoms with Gasteiger partial charge in [0.1, 0.15) is 18.1 Å². The first-order valence-corrected chi connectivity index (χ1v) is 10.7. The highest BCUT2D eigenvalue weighted by atomic mass is 32.1. The number of rotatable bonds is 7. The van der Waals surface area contributed by atoms with Gasteiger partial charge in [0, 0.05) is 10.9 Å². The van der Waals surface area contributed by atoms with E-state index in [4.69, 9.17) is 14.5 Å². The largest absolute Gasteiger partial charge is 0.492 e.